The van der Waals surface area contributed by atoms with Gasteiger partial charge in [0.15, 0.2) is 5.75 Å². The van der Waals surface area contributed by atoms with Gasteiger partial charge in [0, 0.05) is 17.6 Å². The molecule has 98 valence electrons. The van der Waals surface area contributed by atoms with Gasteiger partial charge in [-0.05, 0) is 31.4 Å². The number of carbonyl (C=O) groups excluding carboxylic acids is 1. The van der Waals surface area contributed by atoms with Gasteiger partial charge in [-0.2, -0.15) is 0 Å². The number of nitrogens with two attached hydrogens (primary N) is 1. The van der Waals surface area contributed by atoms with Gasteiger partial charge in [0.1, 0.15) is 0 Å². The topological polar surface area (TPSA) is 75.4 Å². The van der Waals surface area contributed by atoms with E-state index in [0.717, 1.165) is 12.8 Å². The number of hydrogen-bond acceptors (Lipinski definition) is 3. The standard InChI is InChI=1S/C12H14Cl2N2O2/c13-9-4-8(5-10(14)11(9)17)16-12(18)6-1-2-7(15)3-6/h4-7,17H,1-3,15H2,(H,16,18). The van der Waals surface area contributed by atoms with Crippen LogP contribution in [0, 0.1) is 5.92 Å². The monoisotopic (exact) mass is 288 g/mol. The van der Waals surface area contributed by atoms with Crippen LogP contribution in [0.1, 0.15) is 19.3 Å². The third-order valence-corrected chi connectivity index (χ3v) is 3.70. The maximum atomic E-state index is 12.0. The van der Waals surface area contributed by atoms with Crippen LogP contribution >= 0.6 is 23.2 Å². The Morgan fingerprint density at radius 3 is 2.44 bits per heavy atom. The van der Waals surface area contributed by atoms with Gasteiger partial charge >= 0.3 is 0 Å². The molecule has 0 aliphatic heterocycles. The van der Waals surface area contributed by atoms with Crippen molar-refractivity contribution < 1.29 is 9.90 Å². The first kappa shape index (κ1) is 13.5. The summed E-state index contributed by atoms with van der Waals surface area (Å²) in [5, 5.41) is 12.4. The zero-order valence-corrected chi connectivity index (χ0v) is 11.1. The predicted molar refractivity (Wildman–Crippen MR) is 72.1 cm³/mol. The van der Waals surface area contributed by atoms with E-state index in [1.807, 2.05) is 0 Å². The van der Waals surface area contributed by atoms with Crippen LogP contribution in [0.3, 0.4) is 0 Å². The van der Waals surface area contributed by atoms with Gasteiger partial charge in [-0.15, -0.1) is 0 Å². The molecule has 6 heteroatoms. The Hall–Kier alpha value is -0.970. The van der Waals surface area contributed by atoms with Crippen LogP contribution in [0.4, 0.5) is 5.69 Å². The van der Waals surface area contributed by atoms with E-state index in [1.54, 1.807) is 0 Å². The molecule has 4 N–H and O–H groups in total. The van der Waals surface area contributed by atoms with Crippen LogP contribution in [0.15, 0.2) is 12.1 Å². The van der Waals surface area contributed by atoms with Crippen molar-refractivity contribution in [3.05, 3.63) is 22.2 Å². The molecular formula is C12H14Cl2N2O2. The summed E-state index contributed by atoms with van der Waals surface area (Å²) in [7, 11) is 0. The highest BCUT2D eigenvalue weighted by Crippen LogP contribution is 2.35. The lowest BCUT2D eigenvalue weighted by Crippen LogP contribution is -2.23. The lowest BCUT2D eigenvalue weighted by atomic mass is 10.1. The van der Waals surface area contributed by atoms with Gasteiger partial charge in [0.25, 0.3) is 0 Å². The quantitative estimate of drug-likeness (QED) is 0.733. The minimum Gasteiger partial charge on any atom is -0.505 e. The second kappa shape index (κ2) is 5.34. The first-order valence-corrected chi connectivity index (χ1v) is 6.47. The van der Waals surface area contributed by atoms with E-state index in [-0.39, 0.29) is 33.7 Å². The zero-order chi connectivity index (χ0) is 13.3. The highest BCUT2D eigenvalue weighted by molar-refractivity contribution is 6.37. The number of anilines is 1. The van der Waals surface area contributed by atoms with E-state index in [0.29, 0.717) is 12.1 Å². The van der Waals surface area contributed by atoms with Crippen LogP contribution in [0.2, 0.25) is 10.0 Å². The molecule has 1 amide bonds. The Kier molecular flexibility index (Phi) is 4.00. The summed E-state index contributed by atoms with van der Waals surface area (Å²) in [6, 6.07) is 3.04. The van der Waals surface area contributed by atoms with E-state index >= 15 is 0 Å². The fourth-order valence-electron chi connectivity index (χ4n) is 2.14. The minimum atomic E-state index is -0.181. The van der Waals surface area contributed by atoms with Crippen molar-refractivity contribution in [3.63, 3.8) is 0 Å². The molecule has 2 rings (SSSR count). The first-order valence-electron chi connectivity index (χ1n) is 5.72. The summed E-state index contributed by atoms with van der Waals surface area (Å²) in [6.45, 7) is 0. The van der Waals surface area contributed by atoms with E-state index in [4.69, 9.17) is 28.9 Å². The highest BCUT2D eigenvalue weighted by atomic mass is 35.5. The van der Waals surface area contributed by atoms with Crippen molar-refractivity contribution in [1.29, 1.82) is 0 Å². The summed E-state index contributed by atoms with van der Waals surface area (Å²) in [4.78, 5) is 12.0. The molecule has 2 atom stereocenters. The number of hydrogen-bond donors (Lipinski definition) is 3. The molecule has 1 saturated carbocycles. The Morgan fingerprint density at radius 2 is 1.94 bits per heavy atom. The molecule has 0 aromatic heterocycles. The normalized spacial score (nSPS) is 23.1. The maximum absolute atomic E-state index is 12.0. The van der Waals surface area contributed by atoms with Gasteiger partial charge in [-0.25, -0.2) is 0 Å². The van der Waals surface area contributed by atoms with E-state index in [9.17, 15) is 9.90 Å². The second-order valence-electron chi connectivity index (χ2n) is 4.55. The van der Waals surface area contributed by atoms with Crippen molar-refractivity contribution in [3.8, 4) is 5.75 Å². The highest BCUT2D eigenvalue weighted by Gasteiger charge is 2.27. The Morgan fingerprint density at radius 1 is 1.33 bits per heavy atom. The molecule has 1 fully saturated rings. The average molecular weight is 289 g/mol. The summed E-state index contributed by atoms with van der Waals surface area (Å²) >= 11 is 11.6. The molecule has 1 aliphatic carbocycles. The summed E-state index contributed by atoms with van der Waals surface area (Å²) in [5.74, 6) is -0.327. The molecular weight excluding hydrogens is 275 g/mol. The predicted octanol–water partition coefficient (Wildman–Crippen LogP) is 2.76. The second-order valence-corrected chi connectivity index (χ2v) is 5.36. The SMILES string of the molecule is NC1CCC(C(=O)Nc2cc(Cl)c(O)c(Cl)c2)C1. The number of benzene rings is 1. The van der Waals surface area contributed by atoms with Crippen molar-refractivity contribution in [2.24, 2.45) is 11.7 Å². The van der Waals surface area contributed by atoms with Gasteiger partial charge < -0.3 is 16.2 Å². The molecule has 18 heavy (non-hydrogen) atoms. The van der Waals surface area contributed by atoms with E-state index in [2.05, 4.69) is 5.32 Å². The zero-order valence-electron chi connectivity index (χ0n) is 9.62. The van der Waals surface area contributed by atoms with Crippen molar-refractivity contribution in [1.82, 2.24) is 0 Å². The molecule has 0 bridgehead atoms. The van der Waals surface area contributed by atoms with E-state index < -0.39 is 0 Å². The Bertz CT molecular complexity index is 456. The molecule has 1 aromatic rings. The number of nitrogens with one attached hydrogen (secondary N) is 1. The summed E-state index contributed by atoms with van der Waals surface area (Å²) < 4.78 is 0. The third kappa shape index (κ3) is 2.88. The first-order chi connectivity index (χ1) is 8.47. The molecule has 1 aliphatic rings. The lowest BCUT2D eigenvalue weighted by Gasteiger charge is -2.12. The van der Waals surface area contributed by atoms with E-state index in [1.165, 1.54) is 12.1 Å². The largest absolute Gasteiger partial charge is 0.505 e. The van der Waals surface area contributed by atoms with Crippen LogP contribution in [0.5, 0.6) is 5.75 Å². The number of rotatable bonds is 2. The van der Waals surface area contributed by atoms with Crippen LogP contribution in [-0.2, 0) is 4.79 Å². The molecule has 0 saturated heterocycles. The van der Waals surface area contributed by atoms with Gasteiger partial charge in [-0.1, -0.05) is 23.2 Å². The number of halogens is 2. The summed E-state index contributed by atoms with van der Waals surface area (Å²) in [5.41, 5.74) is 6.25. The Labute approximate surface area is 115 Å². The Balaban J connectivity index is 2.07. The van der Waals surface area contributed by atoms with Crippen molar-refractivity contribution in [2.45, 2.75) is 25.3 Å². The van der Waals surface area contributed by atoms with Crippen LogP contribution in [0.25, 0.3) is 0 Å². The number of aromatic hydroxyl groups is 1. The maximum Gasteiger partial charge on any atom is 0.227 e. The third-order valence-electron chi connectivity index (χ3n) is 3.13. The number of amides is 1. The van der Waals surface area contributed by atoms with Crippen molar-refractivity contribution in [2.75, 3.05) is 5.32 Å². The minimum absolute atomic E-state index is 0.0636. The molecule has 4 nitrogen and oxygen atoms in total. The number of phenols is 1. The smallest absolute Gasteiger partial charge is 0.227 e. The number of phenolic OH excluding ortho intramolecular Hbond substituents is 1. The van der Waals surface area contributed by atoms with Gasteiger partial charge in [0.2, 0.25) is 5.91 Å². The molecule has 2 unspecified atom stereocenters. The molecule has 0 radical (unpaired) electrons. The van der Waals surface area contributed by atoms with Crippen LogP contribution < -0.4 is 11.1 Å². The van der Waals surface area contributed by atoms with Gasteiger partial charge in [0.05, 0.1) is 10.0 Å². The van der Waals surface area contributed by atoms with Crippen LogP contribution in [-0.4, -0.2) is 17.1 Å². The molecule has 0 heterocycles. The van der Waals surface area contributed by atoms with Gasteiger partial charge in [-0.3, -0.25) is 4.79 Å². The summed E-state index contributed by atoms with van der Waals surface area (Å²) in [6.07, 6.45) is 2.37. The lowest BCUT2D eigenvalue weighted by molar-refractivity contribution is -0.119. The molecule has 0 spiro atoms. The average Bonchev–Trinajstić information content (AvgIpc) is 2.72. The fourth-order valence-corrected chi connectivity index (χ4v) is 2.62. The molecule has 1 aromatic carbocycles. The number of carbonyl (C=O) groups is 1. The van der Waals surface area contributed by atoms with Crippen molar-refractivity contribution >= 4 is 34.8 Å². The fraction of sp³-hybridized carbons (Fsp3) is 0.417.